The van der Waals surface area contributed by atoms with Crippen molar-refractivity contribution < 1.29 is 9.53 Å². The average molecular weight is 732 g/mol. The van der Waals surface area contributed by atoms with Crippen LogP contribution >= 0.6 is 0 Å². The van der Waals surface area contributed by atoms with Crippen LogP contribution < -0.4 is 10.1 Å². The van der Waals surface area contributed by atoms with E-state index < -0.39 is 0 Å². The number of rotatable bonds is 10. The second kappa shape index (κ2) is 14.3. The third-order valence-corrected chi connectivity index (χ3v) is 17.6. The minimum Gasteiger partial charge on any atom is -0.429 e. The Bertz CT molecular complexity index is 1710. The van der Waals surface area contributed by atoms with Gasteiger partial charge >= 0.3 is 0 Å². The molecular formula is C49H69N3O2. The second-order valence-corrected chi connectivity index (χ2v) is 20.2. The Morgan fingerprint density at radius 2 is 1.56 bits per heavy atom. The predicted octanol–water partition coefficient (Wildman–Crippen LogP) is 10.0. The molecule has 1 heterocycles. The molecule has 1 N–H and O–H groups in total. The highest BCUT2D eigenvalue weighted by Crippen LogP contribution is 2.76. The summed E-state index contributed by atoms with van der Waals surface area (Å²) in [7, 11) is 0. The maximum absolute atomic E-state index is 10.9. The molecule has 5 aliphatic carbocycles. The van der Waals surface area contributed by atoms with Crippen molar-refractivity contribution in [3.05, 3.63) is 84.0 Å². The van der Waals surface area contributed by atoms with E-state index in [1.54, 1.807) is 0 Å². The van der Waals surface area contributed by atoms with Gasteiger partial charge in [-0.2, -0.15) is 0 Å². The summed E-state index contributed by atoms with van der Waals surface area (Å²) < 4.78 is 5.13. The third-order valence-electron chi connectivity index (χ3n) is 17.6. The van der Waals surface area contributed by atoms with Crippen molar-refractivity contribution in [2.45, 2.75) is 111 Å². The lowest BCUT2D eigenvalue weighted by Gasteiger charge is -2.72. The van der Waals surface area contributed by atoms with E-state index in [9.17, 15) is 4.79 Å². The summed E-state index contributed by atoms with van der Waals surface area (Å²) in [6.07, 6.45) is 14.5. The molecule has 8 rings (SSSR count). The van der Waals surface area contributed by atoms with E-state index in [-0.39, 0.29) is 16.4 Å². The van der Waals surface area contributed by atoms with Gasteiger partial charge in [-0.25, -0.2) is 0 Å². The Hall–Kier alpha value is -2.73. The summed E-state index contributed by atoms with van der Waals surface area (Å²) in [5.74, 6) is 4.07. The number of hydrogen-bond acceptors (Lipinski definition) is 5. The fourth-order valence-corrected chi connectivity index (χ4v) is 14.8. The Kier molecular flexibility index (Phi) is 10.1. The SMILES string of the molecule is C=C(C)[C@@H]1CC[C@]2(NCCN3CCN(Cc4ccccc4)CC3)CC[C@]3(C)[C@H](CC[C@@H]4[C@@]5(C)CC=C(c6ccc(OC=O)cc6)C(C)(C)[C@@H]5CC[C@]43C)[C@@H]12. The van der Waals surface area contributed by atoms with Gasteiger partial charge in [0, 0.05) is 51.4 Å². The summed E-state index contributed by atoms with van der Waals surface area (Å²) in [6, 6.07) is 19.2. The van der Waals surface area contributed by atoms with Crippen molar-refractivity contribution in [1.29, 1.82) is 0 Å². The minimum absolute atomic E-state index is 0.0792. The van der Waals surface area contributed by atoms with Crippen LogP contribution in [0.5, 0.6) is 5.75 Å². The van der Waals surface area contributed by atoms with Crippen molar-refractivity contribution in [2.75, 3.05) is 39.3 Å². The fourth-order valence-electron chi connectivity index (χ4n) is 14.8. The van der Waals surface area contributed by atoms with Gasteiger partial charge in [0.1, 0.15) is 5.75 Å². The van der Waals surface area contributed by atoms with Gasteiger partial charge in [-0.15, -0.1) is 0 Å². The average Bonchev–Trinajstić information content (AvgIpc) is 3.54. The molecule has 1 aliphatic heterocycles. The quantitative estimate of drug-likeness (QED) is 0.195. The highest BCUT2D eigenvalue weighted by atomic mass is 16.5. The van der Waals surface area contributed by atoms with Gasteiger partial charge in [0.05, 0.1) is 0 Å². The molecule has 0 spiro atoms. The number of ether oxygens (including phenoxy) is 1. The molecule has 2 aromatic carbocycles. The predicted molar refractivity (Wildman–Crippen MR) is 222 cm³/mol. The number of piperazine rings is 1. The first-order chi connectivity index (χ1) is 25.8. The summed E-state index contributed by atoms with van der Waals surface area (Å²) in [5, 5.41) is 4.38. The standard InChI is InChI=1S/C49H69N3O2/c1-35(2)39-19-24-49(50-27-28-51-29-31-52(32-30-51)33-36-11-9-8-10-12-36)26-25-47(6)41(44(39)49)17-18-43-46(5)22-20-40(37-13-15-38(16-14-37)54-34-53)45(3,4)42(46)21-23-48(43,47)7/h8-16,20,34,39,41-44,50H,1,17-19,21-33H2,2-7H3/t39-,41+,42-,43+,44+,46-,47+,48+,49-/m0/s1. The van der Waals surface area contributed by atoms with Crippen molar-refractivity contribution in [3.63, 3.8) is 0 Å². The number of carbonyl (C=O) groups excluding carboxylic acids is 1. The number of nitrogens with zero attached hydrogens (tertiary/aromatic N) is 2. The van der Waals surface area contributed by atoms with Gasteiger partial charge in [-0.1, -0.05) is 95.3 Å². The number of hydrogen-bond donors (Lipinski definition) is 1. The molecule has 0 aromatic heterocycles. The minimum atomic E-state index is 0.0792. The molecule has 5 heteroatoms. The first-order valence-corrected chi connectivity index (χ1v) is 21.7. The molecule has 9 atom stereocenters. The van der Waals surface area contributed by atoms with Crippen LogP contribution in [0.3, 0.4) is 0 Å². The molecule has 5 fully saturated rings. The Balaban J connectivity index is 0.980. The number of nitrogens with one attached hydrogen (secondary N) is 1. The van der Waals surface area contributed by atoms with E-state index >= 15 is 0 Å². The molecule has 2 aromatic rings. The molecule has 54 heavy (non-hydrogen) atoms. The highest BCUT2D eigenvalue weighted by Gasteiger charge is 2.70. The molecule has 0 radical (unpaired) electrons. The molecule has 6 aliphatic rings. The normalized spacial score (nSPS) is 39.0. The number of allylic oxidation sites excluding steroid dienone is 3. The van der Waals surface area contributed by atoms with E-state index in [0.29, 0.717) is 40.8 Å². The van der Waals surface area contributed by atoms with E-state index in [2.05, 4.69) is 112 Å². The molecule has 0 unspecified atom stereocenters. The third kappa shape index (κ3) is 6.18. The van der Waals surface area contributed by atoms with Gasteiger partial charge in [0.15, 0.2) is 0 Å². The zero-order valence-electron chi connectivity index (χ0n) is 34.5. The Morgan fingerprint density at radius 1 is 0.833 bits per heavy atom. The van der Waals surface area contributed by atoms with Crippen molar-refractivity contribution in [2.24, 2.45) is 51.2 Å². The van der Waals surface area contributed by atoms with E-state index in [4.69, 9.17) is 4.74 Å². The highest BCUT2D eigenvalue weighted by molar-refractivity contribution is 5.72. The van der Waals surface area contributed by atoms with Crippen LogP contribution in [0.25, 0.3) is 5.57 Å². The van der Waals surface area contributed by atoms with E-state index in [1.165, 1.54) is 99.8 Å². The Morgan fingerprint density at radius 3 is 2.26 bits per heavy atom. The lowest BCUT2D eigenvalue weighted by atomic mass is 9.33. The smallest absolute Gasteiger partial charge is 0.298 e. The lowest BCUT2D eigenvalue weighted by molar-refractivity contribution is -0.219. The van der Waals surface area contributed by atoms with Crippen LogP contribution in [0.4, 0.5) is 0 Å². The number of carbonyl (C=O) groups is 1. The van der Waals surface area contributed by atoms with Crippen molar-refractivity contribution in [1.82, 2.24) is 15.1 Å². The molecule has 0 bridgehead atoms. The number of fused-ring (bicyclic) bond motifs is 7. The molecule has 5 nitrogen and oxygen atoms in total. The van der Waals surface area contributed by atoms with E-state index in [0.717, 1.165) is 37.9 Å². The lowest BCUT2D eigenvalue weighted by Crippen LogP contribution is -2.68. The zero-order valence-corrected chi connectivity index (χ0v) is 34.5. The van der Waals surface area contributed by atoms with Gasteiger partial charge in [0.2, 0.25) is 0 Å². The van der Waals surface area contributed by atoms with Crippen LogP contribution in [-0.2, 0) is 11.3 Å². The van der Waals surface area contributed by atoms with Crippen LogP contribution in [0.15, 0.2) is 72.8 Å². The molecule has 1 saturated heterocycles. The molecular weight excluding hydrogens is 663 g/mol. The van der Waals surface area contributed by atoms with Crippen LogP contribution in [0.2, 0.25) is 0 Å². The maximum atomic E-state index is 10.9. The monoisotopic (exact) mass is 732 g/mol. The van der Waals surface area contributed by atoms with Gasteiger partial charge in [-0.05, 0) is 145 Å². The largest absolute Gasteiger partial charge is 0.429 e. The van der Waals surface area contributed by atoms with Crippen molar-refractivity contribution >= 4 is 12.0 Å². The zero-order chi connectivity index (χ0) is 37.9. The molecule has 4 saturated carbocycles. The van der Waals surface area contributed by atoms with Crippen LogP contribution in [0, 0.1) is 51.2 Å². The van der Waals surface area contributed by atoms with Crippen LogP contribution in [0.1, 0.15) is 110 Å². The summed E-state index contributed by atoms with van der Waals surface area (Å²) in [5.41, 5.74) is 6.92. The van der Waals surface area contributed by atoms with Crippen molar-refractivity contribution in [3.8, 4) is 5.75 Å². The summed E-state index contributed by atoms with van der Waals surface area (Å²) in [4.78, 5) is 16.3. The first kappa shape index (κ1) is 38.2. The fraction of sp³-hybridized carbons (Fsp3) is 0.653. The van der Waals surface area contributed by atoms with Gasteiger partial charge in [0.25, 0.3) is 6.47 Å². The first-order valence-electron chi connectivity index (χ1n) is 21.7. The molecule has 0 amide bonds. The van der Waals surface area contributed by atoms with Crippen LogP contribution in [-0.4, -0.2) is 61.1 Å². The van der Waals surface area contributed by atoms with E-state index in [1.807, 2.05) is 12.1 Å². The second-order valence-electron chi connectivity index (χ2n) is 20.2. The maximum Gasteiger partial charge on any atom is 0.298 e. The number of benzene rings is 2. The van der Waals surface area contributed by atoms with Gasteiger partial charge in [-0.3, -0.25) is 14.6 Å². The van der Waals surface area contributed by atoms with Gasteiger partial charge < -0.3 is 10.1 Å². The summed E-state index contributed by atoms with van der Waals surface area (Å²) >= 11 is 0. The summed E-state index contributed by atoms with van der Waals surface area (Å²) in [6.45, 7) is 28.8. The Labute approximate surface area is 327 Å². The molecule has 292 valence electrons. The topological polar surface area (TPSA) is 44.8 Å².